The van der Waals surface area contributed by atoms with Gasteiger partial charge in [0.15, 0.2) is 11.3 Å². The number of nitro benzene ring substituents is 1. The molecule has 3 aromatic carbocycles. The second kappa shape index (κ2) is 7.36. The third-order valence-electron chi connectivity index (χ3n) is 5.06. The maximum atomic E-state index is 11.0. The van der Waals surface area contributed by atoms with E-state index in [1.165, 1.54) is 17.7 Å². The smallest absolute Gasteiger partial charge is 0.269 e. The Morgan fingerprint density at radius 3 is 2.17 bits per heavy atom. The molecule has 5 aromatic rings. The zero-order chi connectivity index (χ0) is 20.5. The van der Waals surface area contributed by atoms with Crippen molar-refractivity contribution < 1.29 is 4.92 Å². The van der Waals surface area contributed by atoms with E-state index >= 15 is 0 Å². The summed E-state index contributed by atoms with van der Waals surface area (Å²) >= 11 is 0. The largest absolute Gasteiger partial charge is 0.307 e. The van der Waals surface area contributed by atoms with Gasteiger partial charge in [0, 0.05) is 24.2 Å². The number of non-ortho nitro benzene ring substituents is 1. The molecule has 7 nitrogen and oxygen atoms in total. The normalized spacial score (nSPS) is 11.2. The summed E-state index contributed by atoms with van der Waals surface area (Å²) in [4.78, 5) is 24.8. The van der Waals surface area contributed by atoms with E-state index in [1.54, 1.807) is 12.1 Å². The highest BCUT2D eigenvalue weighted by atomic mass is 16.6. The van der Waals surface area contributed by atoms with E-state index in [-0.39, 0.29) is 5.69 Å². The number of rotatable bonds is 5. The van der Waals surface area contributed by atoms with Gasteiger partial charge in [-0.15, -0.1) is 0 Å². The lowest BCUT2D eigenvalue weighted by atomic mass is 10.1. The molecule has 0 aliphatic carbocycles. The van der Waals surface area contributed by atoms with E-state index in [1.807, 2.05) is 47.0 Å². The van der Waals surface area contributed by atoms with Crippen LogP contribution >= 0.6 is 0 Å². The first kappa shape index (κ1) is 17.9. The number of benzene rings is 3. The topological polar surface area (TPSA) is 86.7 Å². The summed E-state index contributed by atoms with van der Waals surface area (Å²) in [5.74, 6) is 0.700. The number of aryl methyl sites for hydroxylation is 2. The number of fused-ring (bicyclic) bond motifs is 2. The molecule has 0 N–H and O–H groups in total. The van der Waals surface area contributed by atoms with Crippen molar-refractivity contribution in [1.29, 1.82) is 0 Å². The van der Waals surface area contributed by atoms with Gasteiger partial charge in [-0.1, -0.05) is 42.5 Å². The van der Waals surface area contributed by atoms with Crippen molar-refractivity contribution in [3.63, 3.8) is 0 Å². The predicted molar refractivity (Wildman–Crippen MR) is 115 cm³/mol. The lowest BCUT2D eigenvalue weighted by Gasteiger charge is -2.09. The molecular weight excluding hydrogens is 378 g/mol. The zero-order valence-electron chi connectivity index (χ0n) is 16.0. The van der Waals surface area contributed by atoms with Crippen molar-refractivity contribution in [3.8, 4) is 11.4 Å². The van der Waals surface area contributed by atoms with Gasteiger partial charge in [-0.25, -0.2) is 15.0 Å². The first-order valence-electron chi connectivity index (χ1n) is 9.61. The summed E-state index contributed by atoms with van der Waals surface area (Å²) in [5.41, 5.74) is 4.91. The standard InChI is InChI=1S/C23H17N5O2/c29-28(30)18-12-10-17(11-13-18)22-26-21-23(25-20-9-5-4-8-19(20)24-21)27(22)15-14-16-6-2-1-3-7-16/h1-13H,14-15H2. The van der Waals surface area contributed by atoms with Gasteiger partial charge in [0.1, 0.15) is 5.82 Å². The number of imidazole rings is 1. The fourth-order valence-electron chi connectivity index (χ4n) is 3.55. The minimum Gasteiger partial charge on any atom is -0.307 e. The average molecular weight is 395 g/mol. The van der Waals surface area contributed by atoms with Gasteiger partial charge in [0.25, 0.3) is 5.69 Å². The van der Waals surface area contributed by atoms with Gasteiger partial charge >= 0.3 is 0 Å². The van der Waals surface area contributed by atoms with Crippen LogP contribution in [0.4, 0.5) is 5.69 Å². The van der Waals surface area contributed by atoms with Gasteiger partial charge in [0.05, 0.1) is 16.0 Å². The third kappa shape index (κ3) is 3.26. The summed E-state index contributed by atoms with van der Waals surface area (Å²) in [5, 5.41) is 11.0. The van der Waals surface area contributed by atoms with Crippen molar-refractivity contribution in [2.75, 3.05) is 0 Å². The molecule has 0 aliphatic heterocycles. The van der Waals surface area contributed by atoms with Crippen LogP contribution in [0.5, 0.6) is 0 Å². The molecule has 30 heavy (non-hydrogen) atoms. The minimum atomic E-state index is -0.405. The van der Waals surface area contributed by atoms with Gasteiger partial charge in [0.2, 0.25) is 0 Å². The minimum absolute atomic E-state index is 0.0488. The molecule has 0 saturated heterocycles. The highest BCUT2D eigenvalue weighted by Crippen LogP contribution is 2.26. The molecule has 0 amide bonds. The zero-order valence-corrected chi connectivity index (χ0v) is 16.0. The number of nitro groups is 1. The van der Waals surface area contributed by atoms with Crippen LogP contribution in [0.3, 0.4) is 0 Å². The Balaban J connectivity index is 1.65. The van der Waals surface area contributed by atoms with Crippen LogP contribution in [0.1, 0.15) is 5.56 Å². The molecule has 5 rings (SSSR count). The molecule has 0 radical (unpaired) electrons. The Bertz CT molecular complexity index is 1360. The molecule has 0 atom stereocenters. The van der Waals surface area contributed by atoms with Crippen LogP contribution in [0.2, 0.25) is 0 Å². The highest BCUT2D eigenvalue weighted by molar-refractivity contribution is 5.84. The molecule has 7 heteroatoms. The molecule has 0 aliphatic rings. The van der Waals surface area contributed by atoms with Crippen molar-refractivity contribution in [2.45, 2.75) is 13.0 Å². The van der Waals surface area contributed by atoms with Crippen molar-refractivity contribution in [2.24, 2.45) is 0 Å². The number of para-hydroxylation sites is 2. The summed E-state index contributed by atoms with van der Waals surface area (Å²) in [6.07, 6.45) is 0.806. The fraction of sp³-hybridized carbons (Fsp3) is 0.0870. The first-order chi connectivity index (χ1) is 14.7. The van der Waals surface area contributed by atoms with Gasteiger partial charge in [-0.3, -0.25) is 10.1 Å². The van der Waals surface area contributed by atoms with Crippen LogP contribution in [-0.4, -0.2) is 24.4 Å². The monoisotopic (exact) mass is 395 g/mol. The summed E-state index contributed by atoms with van der Waals surface area (Å²) in [6.45, 7) is 0.667. The van der Waals surface area contributed by atoms with Gasteiger partial charge in [-0.2, -0.15) is 0 Å². The van der Waals surface area contributed by atoms with Crippen LogP contribution < -0.4 is 0 Å². The summed E-state index contributed by atoms with van der Waals surface area (Å²) < 4.78 is 2.04. The fourth-order valence-corrected chi connectivity index (χ4v) is 3.55. The molecule has 0 fully saturated rings. The van der Waals surface area contributed by atoms with Crippen LogP contribution in [0.15, 0.2) is 78.9 Å². The molecule has 2 aromatic heterocycles. The van der Waals surface area contributed by atoms with E-state index in [0.717, 1.165) is 23.0 Å². The Kier molecular flexibility index (Phi) is 4.40. The molecular formula is C23H17N5O2. The summed E-state index contributed by atoms with van der Waals surface area (Å²) in [7, 11) is 0. The van der Waals surface area contributed by atoms with Gasteiger partial charge in [-0.05, 0) is 36.2 Å². The second-order valence-electron chi connectivity index (χ2n) is 6.99. The molecule has 0 spiro atoms. The summed E-state index contributed by atoms with van der Waals surface area (Å²) in [6, 6.07) is 24.3. The number of aromatic nitrogens is 4. The van der Waals surface area contributed by atoms with E-state index in [0.29, 0.717) is 23.7 Å². The van der Waals surface area contributed by atoms with Crippen molar-refractivity contribution in [1.82, 2.24) is 19.5 Å². The van der Waals surface area contributed by atoms with Crippen LogP contribution in [0, 0.1) is 10.1 Å². The second-order valence-corrected chi connectivity index (χ2v) is 6.99. The van der Waals surface area contributed by atoms with Crippen molar-refractivity contribution >= 4 is 28.0 Å². The molecule has 146 valence electrons. The first-order valence-corrected chi connectivity index (χ1v) is 9.61. The molecule has 0 saturated carbocycles. The van der Waals surface area contributed by atoms with E-state index in [4.69, 9.17) is 9.97 Å². The quantitative estimate of drug-likeness (QED) is 0.315. The van der Waals surface area contributed by atoms with Gasteiger partial charge < -0.3 is 4.57 Å². The van der Waals surface area contributed by atoms with Crippen molar-refractivity contribution in [3.05, 3.63) is 94.5 Å². The Labute approximate surface area is 171 Å². The van der Waals surface area contributed by atoms with E-state index in [2.05, 4.69) is 17.1 Å². The van der Waals surface area contributed by atoms with E-state index in [9.17, 15) is 10.1 Å². The van der Waals surface area contributed by atoms with Crippen LogP contribution in [-0.2, 0) is 13.0 Å². The highest BCUT2D eigenvalue weighted by Gasteiger charge is 2.17. The maximum Gasteiger partial charge on any atom is 0.269 e. The molecule has 2 heterocycles. The van der Waals surface area contributed by atoms with Crippen LogP contribution in [0.25, 0.3) is 33.7 Å². The lowest BCUT2D eigenvalue weighted by Crippen LogP contribution is -2.05. The Hall–Kier alpha value is -4.13. The number of hydrogen-bond acceptors (Lipinski definition) is 5. The van der Waals surface area contributed by atoms with E-state index < -0.39 is 4.92 Å². The Morgan fingerprint density at radius 2 is 1.47 bits per heavy atom. The third-order valence-corrected chi connectivity index (χ3v) is 5.06. The Morgan fingerprint density at radius 1 is 0.800 bits per heavy atom. The predicted octanol–water partition coefficient (Wildman–Crippen LogP) is 4.80. The maximum absolute atomic E-state index is 11.0. The number of nitrogens with zero attached hydrogens (tertiary/aromatic N) is 5. The molecule has 0 unspecified atom stereocenters. The average Bonchev–Trinajstić information content (AvgIpc) is 3.14. The lowest BCUT2D eigenvalue weighted by molar-refractivity contribution is -0.384. The SMILES string of the molecule is O=[N+]([O-])c1ccc(-c2nc3nc4ccccc4nc3n2CCc2ccccc2)cc1. The molecule has 0 bridgehead atoms. The number of hydrogen-bond donors (Lipinski definition) is 0.